The third kappa shape index (κ3) is 4.36. The van der Waals surface area contributed by atoms with Crippen molar-refractivity contribution in [3.8, 4) is 0 Å². The SMILES string of the molecule is CCCCC/C=C/[Si](C)(C)c1ccccc1. The molecule has 1 aromatic carbocycles. The topological polar surface area (TPSA) is 0 Å². The van der Waals surface area contributed by atoms with Crippen LogP contribution in [0.15, 0.2) is 42.1 Å². The van der Waals surface area contributed by atoms with E-state index >= 15 is 0 Å². The molecule has 0 aliphatic carbocycles. The lowest BCUT2D eigenvalue weighted by Crippen LogP contribution is -2.39. The Morgan fingerprint density at radius 3 is 2.38 bits per heavy atom. The molecule has 0 aromatic heterocycles. The number of benzene rings is 1. The summed E-state index contributed by atoms with van der Waals surface area (Å²) in [6.07, 6.45) is 7.66. The quantitative estimate of drug-likeness (QED) is 0.507. The molecule has 0 unspecified atom stereocenters. The maximum absolute atomic E-state index is 2.48. The van der Waals surface area contributed by atoms with Crippen molar-refractivity contribution in [3.63, 3.8) is 0 Å². The first-order chi connectivity index (χ1) is 7.67. The number of hydrogen-bond acceptors (Lipinski definition) is 0. The van der Waals surface area contributed by atoms with Crippen molar-refractivity contribution in [1.82, 2.24) is 0 Å². The summed E-state index contributed by atoms with van der Waals surface area (Å²) in [6, 6.07) is 10.9. The molecule has 0 aliphatic heterocycles. The molecule has 0 saturated carbocycles. The van der Waals surface area contributed by atoms with Gasteiger partial charge >= 0.3 is 0 Å². The van der Waals surface area contributed by atoms with Crippen LogP contribution in [0, 0.1) is 0 Å². The Hall–Kier alpha value is -0.823. The van der Waals surface area contributed by atoms with Crippen molar-refractivity contribution in [2.45, 2.75) is 45.7 Å². The van der Waals surface area contributed by atoms with Crippen LogP contribution < -0.4 is 5.19 Å². The van der Waals surface area contributed by atoms with Gasteiger partial charge in [-0.2, -0.15) is 0 Å². The molecule has 0 atom stereocenters. The lowest BCUT2D eigenvalue weighted by molar-refractivity contribution is 0.729. The van der Waals surface area contributed by atoms with E-state index in [1.54, 1.807) is 0 Å². The highest BCUT2D eigenvalue weighted by atomic mass is 28.3. The van der Waals surface area contributed by atoms with E-state index in [0.717, 1.165) is 0 Å². The minimum Gasteiger partial charge on any atom is -0.0943 e. The van der Waals surface area contributed by atoms with Crippen LogP contribution in [0.5, 0.6) is 0 Å². The highest BCUT2D eigenvalue weighted by molar-refractivity contribution is 6.93. The fraction of sp³-hybridized carbons (Fsp3) is 0.467. The van der Waals surface area contributed by atoms with Crippen molar-refractivity contribution in [3.05, 3.63) is 42.1 Å². The van der Waals surface area contributed by atoms with Crippen LogP contribution in [0.3, 0.4) is 0 Å². The Balaban J connectivity index is 2.51. The summed E-state index contributed by atoms with van der Waals surface area (Å²) in [4.78, 5) is 0. The summed E-state index contributed by atoms with van der Waals surface area (Å²) >= 11 is 0. The van der Waals surface area contributed by atoms with Gasteiger partial charge in [-0.05, 0) is 12.8 Å². The summed E-state index contributed by atoms with van der Waals surface area (Å²) in [5.74, 6) is 0. The smallest absolute Gasteiger partial charge is 0.0943 e. The molecule has 88 valence electrons. The molecule has 0 bridgehead atoms. The van der Waals surface area contributed by atoms with Crippen LogP contribution >= 0.6 is 0 Å². The van der Waals surface area contributed by atoms with Crippen molar-refractivity contribution in [1.29, 1.82) is 0 Å². The van der Waals surface area contributed by atoms with Crippen LogP contribution in [0.2, 0.25) is 13.1 Å². The van der Waals surface area contributed by atoms with Crippen molar-refractivity contribution < 1.29 is 0 Å². The third-order valence-corrected chi connectivity index (χ3v) is 5.92. The Bertz CT molecular complexity index is 311. The van der Waals surface area contributed by atoms with Gasteiger partial charge in [-0.3, -0.25) is 0 Å². The Morgan fingerprint density at radius 1 is 1.06 bits per heavy atom. The summed E-state index contributed by atoms with van der Waals surface area (Å²) < 4.78 is 0. The first-order valence-corrected chi connectivity index (χ1v) is 9.48. The molecular formula is C15H24Si. The predicted octanol–water partition coefficient (Wildman–Crippen LogP) is 4.28. The second-order valence-corrected chi connectivity index (χ2v) is 9.34. The minimum atomic E-state index is -1.32. The van der Waals surface area contributed by atoms with E-state index in [4.69, 9.17) is 0 Å². The third-order valence-electron chi connectivity index (χ3n) is 3.03. The molecule has 0 amide bonds. The maximum atomic E-state index is 2.48. The number of unbranched alkanes of at least 4 members (excludes halogenated alkanes) is 3. The molecule has 1 rings (SSSR count). The van der Waals surface area contributed by atoms with Crippen LogP contribution in [-0.4, -0.2) is 8.07 Å². The average molecular weight is 232 g/mol. The fourth-order valence-corrected chi connectivity index (χ4v) is 3.85. The highest BCUT2D eigenvalue weighted by Crippen LogP contribution is 2.07. The van der Waals surface area contributed by atoms with Gasteiger partial charge in [-0.1, -0.05) is 80.2 Å². The van der Waals surface area contributed by atoms with E-state index in [1.807, 2.05) is 0 Å². The Kier molecular flexibility index (Phi) is 5.54. The zero-order valence-electron chi connectivity index (χ0n) is 10.9. The van der Waals surface area contributed by atoms with Gasteiger partial charge in [0.05, 0.1) is 0 Å². The summed E-state index contributed by atoms with van der Waals surface area (Å²) in [5, 5.41) is 1.53. The van der Waals surface area contributed by atoms with Gasteiger partial charge in [-0.25, -0.2) is 0 Å². The van der Waals surface area contributed by atoms with E-state index in [0.29, 0.717) is 0 Å². The molecule has 0 N–H and O–H groups in total. The molecule has 0 aliphatic rings. The van der Waals surface area contributed by atoms with Gasteiger partial charge in [0.1, 0.15) is 8.07 Å². The van der Waals surface area contributed by atoms with E-state index in [2.05, 4.69) is 62.1 Å². The van der Waals surface area contributed by atoms with E-state index in [-0.39, 0.29) is 0 Å². The van der Waals surface area contributed by atoms with Crippen LogP contribution in [0.25, 0.3) is 0 Å². The van der Waals surface area contributed by atoms with Crippen molar-refractivity contribution in [2.24, 2.45) is 0 Å². The molecular weight excluding hydrogens is 208 g/mol. The standard InChI is InChI=1S/C15H24Si/c1-4-5-6-7-11-14-16(2,3)15-12-9-8-10-13-15/h8-14H,4-7H2,1-3H3/b14-11+. The van der Waals surface area contributed by atoms with Gasteiger partial charge in [0, 0.05) is 0 Å². The number of allylic oxidation sites excluding steroid dienone is 1. The van der Waals surface area contributed by atoms with Gasteiger partial charge in [0.25, 0.3) is 0 Å². The molecule has 0 heterocycles. The molecule has 0 saturated heterocycles. The van der Waals surface area contributed by atoms with Crippen LogP contribution in [0.1, 0.15) is 32.6 Å². The molecule has 0 fully saturated rings. The summed E-state index contributed by atoms with van der Waals surface area (Å²) in [7, 11) is -1.32. The lowest BCUT2D eigenvalue weighted by atomic mass is 10.2. The van der Waals surface area contributed by atoms with Gasteiger partial charge < -0.3 is 0 Å². The Morgan fingerprint density at radius 2 is 1.75 bits per heavy atom. The molecule has 1 aromatic rings. The normalized spacial score (nSPS) is 12.2. The van der Waals surface area contributed by atoms with Crippen molar-refractivity contribution in [2.75, 3.05) is 0 Å². The zero-order valence-corrected chi connectivity index (χ0v) is 11.9. The molecule has 0 radical (unpaired) electrons. The first kappa shape index (κ1) is 13.2. The zero-order chi connectivity index (χ0) is 11.9. The van der Waals surface area contributed by atoms with Crippen molar-refractivity contribution >= 4 is 13.3 Å². The predicted molar refractivity (Wildman–Crippen MR) is 76.8 cm³/mol. The van der Waals surface area contributed by atoms with E-state index in [1.165, 1.54) is 30.9 Å². The van der Waals surface area contributed by atoms with E-state index < -0.39 is 8.07 Å². The molecule has 16 heavy (non-hydrogen) atoms. The summed E-state index contributed by atoms with van der Waals surface area (Å²) in [5.41, 5.74) is 2.48. The second-order valence-electron chi connectivity index (χ2n) is 4.99. The van der Waals surface area contributed by atoms with E-state index in [9.17, 15) is 0 Å². The monoisotopic (exact) mass is 232 g/mol. The summed E-state index contributed by atoms with van der Waals surface area (Å²) in [6.45, 7) is 7.09. The fourth-order valence-electron chi connectivity index (χ4n) is 1.85. The maximum Gasteiger partial charge on any atom is 0.103 e. The van der Waals surface area contributed by atoms with Crippen LogP contribution in [0.4, 0.5) is 0 Å². The van der Waals surface area contributed by atoms with Crippen LogP contribution in [-0.2, 0) is 0 Å². The molecule has 0 spiro atoms. The lowest BCUT2D eigenvalue weighted by Gasteiger charge is -2.18. The largest absolute Gasteiger partial charge is 0.103 e. The molecule has 1 heteroatoms. The van der Waals surface area contributed by atoms with Gasteiger partial charge in [0.15, 0.2) is 0 Å². The molecule has 0 nitrogen and oxygen atoms in total. The minimum absolute atomic E-state index is 1.25. The second kappa shape index (κ2) is 6.69. The average Bonchev–Trinajstić information content (AvgIpc) is 2.30. The first-order valence-electron chi connectivity index (χ1n) is 6.40. The van der Waals surface area contributed by atoms with Gasteiger partial charge in [0.2, 0.25) is 0 Å². The highest BCUT2D eigenvalue weighted by Gasteiger charge is 2.18. The Labute approximate surface area is 101 Å². The number of rotatable bonds is 6. The van der Waals surface area contributed by atoms with Gasteiger partial charge in [-0.15, -0.1) is 0 Å². The number of hydrogen-bond donors (Lipinski definition) is 0.